The Labute approximate surface area is 209 Å². The molecule has 2 bridgehead atoms. The van der Waals surface area contributed by atoms with Crippen LogP contribution >= 0.6 is 11.6 Å². The number of hydrogen-bond acceptors (Lipinski definition) is 4. The molecular weight excluding hydrogens is 466 g/mol. The summed E-state index contributed by atoms with van der Waals surface area (Å²) in [6, 6.07) is 17.2. The third-order valence-electron chi connectivity index (χ3n) is 6.70. The molecule has 3 amide bonds. The number of nitrogens with zero attached hydrogens (tertiary/aromatic N) is 1. The van der Waals surface area contributed by atoms with Gasteiger partial charge in [0.05, 0.1) is 18.8 Å². The number of anilines is 2. The number of aryl methyl sites for hydroxylation is 2. The Morgan fingerprint density at radius 3 is 2.63 bits per heavy atom. The van der Waals surface area contributed by atoms with Crippen LogP contribution < -0.4 is 25.0 Å². The smallest absolute Gasteiger partial charge is 0.325 e. The van der Waals surface area contributed by atoms with Crippen LogP contribution in [0, 0.1) is 19.8 Å². The number of ether oxygens (including phenoxy) is 2. The molecule has 0 aliphatic carbocycles. The predicted molar refractivity (Wildman–Crippen MR) is 135 cm³/mol. The summed E-state index contributed by atoms with van der Waals surface area (Å²) in [6.45, 7) is 5.70. The van der Waals surface area contributed by atoms with E-state index in [0.717, 1.165) is 11.1 Å². The van der Waals surface area contributed by atoms with E-state index < -0.39 is 17.7 Å². The monoisotopic (exact) mass is 491 g/mol. The number of para-hydroxylation sites is 1. The van der Waals surface area contributed by atoms with Gasteiger partial charge in [0, 0.05) is 16.3 Å². The third-order valence-corrected chi connectivity index (χ3v) is 6.93. The van der Waals surface area contributed by atoms with Gasteiger partial charge in [-0.05, 0) is 56.7 Å². The third kappa shape index (κ3) is 3.76. The van der Waals surface area contributed by atoms with Crippen molar-refractivity contribution >= 4 is 34.9 Å². The molecule has 0 aromatic heterocycles. The minimum atomic E-state index is -1.37. The molecule has 2 aliphatic rings. The molecule has 0 radical (unpaired) electrons. The van der Waals surface area contributed by atoms with Crippen molar-refractivity contribution in [2.75, 3.05) is 17.3 Å². The second-order valence-corrected chi connectivity index (χ2v) is 9.50. The van der Waals surface area contributed by atoms with Gasteiger partial charge in [0.1, 0.15) is 5.92 Å². The summed E-state index contributed by atoms with van der Waals surface area (Å²) < 4.78 is 12.1. The van der Waals surface area contributed by atoms with Crippen LogP contribution in [0.1, 0.15) is 29.7 Å². The average molecular weight is 492 g/mol. The van der Waals surface area contributed by atoms with Crippen molar-refractivity contribution in [2.45, 2.75) is 32.5 Å². The zero-order valence-electron chi connectivity index (χ0n) is 19.9. The summed E-state index contributed by atoms with van der Waals surface area (Å²) >= 11 is 6.26. The van der Waals surface area contributed by atoms with Gasteiger partial charge in [0.2, 0.25) is 11.6 Å². The van der Waals surface area contributed by atoms with Crippen molar-refractivity contribution in [1.82, 2.24) is 5.32 Å². The van der Waals surface area contributed by atoms with E-state index in [0.29, 0.717) is 33.5 Å². The first-order valence-electron chi connectivity index (χ1n) is 11.3. The Morgan fingerprint density at radius 1 is 1.14 bits per heavy atom. The van der Waals surface area contributed by atoms with E-state index >= 15 is 0 Å². The lowest BCUT2D eigenvalue weighted by Crippen LogP contribution is -2.72. The van der Waals surface area contributed by atoms with Crippen LogP contribution in [0.25, 0.3) is 0 Å². The van der Waals surface area contributed by atoms with E-state index in [2.05, 4.69) is 10.6 Å². The average Bonchev–Trinajstić information content (AvgIpc) is 2.80. The fourth-order valence-corrected chi connectivity index (χ4v) is 5.28. The zero-order chi connectivity index (χ0) is 24.9. The van der Waals surface area contributed by atoms with Gasteiger partial charge in [-0.1, -0.05) is 47.5 Å². The number of halogens is 1. The number of urea groups is 1. The summed E-state index contributed by atoms with van der Waals surface area (Å²) in [7, 11) is 1.56. The molecule has 3 atom stereocenters. The topological polar surface area (TPSA) is 79.9 Å². The molecular formula is C27H26ClN3O4. The van der Waals surface area contributed by atoms with Crippen LogP contribution in [0.15, 0.2) is 60.7 Å². The maximum atomic E-state index is 13.9. The van der Waals surface area contributed by atoms with Crippen molar-refractivity contribution in [3.63, 3.8) is 0 Å². The van der Waals surface area contributed by atoms with Gasteiger partial charge in [-0.15, -0.1) is 0 Å². The van der Waals surface area contributed by atoms with Gasteiger partial charge < -0.3 is 20.1 Å². The number of carbonyl (C=O) groups is 2. The minimum absolute atomic E-state index is 0.273. The van der Waals surface area contributed by atoms with Crippen molar-refractivity contribution in [1.29, 1.82) is 0 Å². The van der Waals surface area contributed by atoms with Crippen molar-refractivity contribution in [3.8, 4) is 11.5 Å². The van der Waals surface area contributed by atoms with Gasteiger partial charge in [0.25, 0.3) is 0 Å². The van der Waals surface area contributed by atoms with Crippen LogP contribution in [0.4, 0.5) is 16.2 Å². The highest BCUT2D eigenvalue weighted by Crippen LogP contribution is 2.52. The number of nitrogens with one attached hydrogen (secondary N) is 2. The van der Waals surface area contributed by atoms with Gasteiger partial charge in [-0.25, -0.2) is 4.79 Å². The molecule has 35 heavy (non-hydrogen) atoms. The molecule has 3 aromatic rings. The van der Waals surface area contributed by atoms with Crippen molar-refractivity contribution < 1.29 is 19.1 Å². The van der Waals surface area contributed by atoms with E-state index in [1.807, 2.05) is 44.2 Å². The quantitative estimate of drug-likeness (QED) is 0.498. The van der Waals surface area contributed by atoms with Crippen molar-refractivity contribution in [3.05, 3.63) is 82.4 Å². The first-order chi connectivity index (χ1) is 16.7. The predicted octanol–water partition coefficient (Wildman–Crippen LogP) is 5.60. The molecule has 1 fully saturated rings. The van der Waals surface area contributed by atoms with E-state index in [4.69, 9.17) is 21.1 Å². The van der Waals surface area contributed by atoms with Crippen LogP contribution in [-0.2, 0) is 4.79 Å². The Kier molecular flexibility index (Phi) is 5.60. The van der Waals surface area contributed by atoms with Crippen LogP contribution in [0.3, 0.4) is 0 Å². The molecule has 3 aromatic carbocycles. The standard InChI is InChI=1S/C27H26ClN3O4/c1-15-11-12-20(16(2)13-15)29-25(32)22-23-19-9-6-10-21(34-4)24(19)35-27(22,3)31(26(33)30-23)18-8-5-7-17(28)14-18/h5-14,22-23H,1-4H3,(H,29,32)(H,30,33). The molecule has 0 spiro atoms. The Balaban J connectivity index is 1.65. The zero-order valence-corrected chi connectivity index (χ0v) is 20.6. The Bertz CT molecular complexity index is 1340. The molecule has 7 nitrogen and oxygen atoms in total. The molecule has 5 rings (SSSR count). The SMILES string of the molecule is COc1cccc2c1OC1(C)C(C(=O)Nc3ccc(C)cc3C)C2NC(=O)N1c1cccc(Cl)c1. The number of hydrogen-bond donors (Lipinski definition) is 2. The molecule has 0 saturated carbocycles. The lowest BCUT2D eigenvalue weighted by Gasteiger charge is -2.54. The first kappa shape index (κ1) is 23.1. The normalized spacial score (nSPS) is 22.5. The molecule has 2 heterocycles. The van der Waals surface area contributed by atoms with E-state index in [9.17, 15) is 9.59 Å². The molecule has 8 heteroatoms. The van der Waals surface area contributed by atoms with E-state index in [1.54, 1.807) is 44.4 Å². The molecule has 2 N–H and O–H groups in total. The summed E-state index contributed by atoms with van der Waals surface area (Å²) in [4.78, 5) is 28.8. The molecule has 3 unspecified atom stereocenters. The Morgan fingerprint density at radius 2 is 1.91 bits per heavy atom. The molecule has 180 valence electrons. The highest BCUT2D eigenvalue weighted by molar-refractivity contribution is 6.31. The van der Waals surface area contributed by atoms with Crippen LogP contribution in [-0.4, -0.2) is 24.8 Å². The van der Waals surface area contributed by atoms with Crippen LogP contribution in [0.2, 0.25) is 5.02 Å². The summed E-state index contributed by atoms with van der Waals surface area (Å²) in [5.41, 5.74) is 2.58. The van der Waals surface area contributed by atoms with Gasteiger partial charge in [0.15, 0.2) is 11.5 Å². The Hall–Kier alpha value is -3.71. The maximum absolute atomic E-state index is 13.9. The lowest BCUT2D eigenvalue weighted by atomic mass is 9.78. The largest absolute Gasteiger partial charge is 0.493 e. The highest BCUT2D eigenvalue weighted by atomic mass is 35.5. The number of amides is 3. The first-order valence-corrected chi connectivity index (χ1v) is 11.7. The summed E-state index contributed by atoms with van der Waals surface area (Å²) in [6.07, 6.45) is 0. The number of methoxy groups -OCH3 is 1. The number of rotatable bonds is 4. The van der Waals surface area contributed by atoms with E-state index in [-0.39, 0.29) is 11.9 Å². The molecule has 2 aliphatic heterocycles. The second kappa shape index (κ2) is 8.50. The maximum Gasteiger partial charge on any atom is 0.325 e. The number of benzene rings is 3. The minimum Gasteiger partial charge on any atom is -0.493 e. The van der Waals surface area contributed by atoms with Crippen LogP contribution in [0.5, 0.6) is 11.5 Å². The van der Waals surface area contributed by atoms with Gasteiger partial charge in [-0.2, -0.15) is 0 Å². The fraction of sp³-hybridized carbons (Fsp3) is 0.259. The number of carbonyl (C=O) groups excluding carboxylic acids is 2. The van der Waals surface area contributed by atoms with Crippen molar-refractivity contribution in [2.24, 2.45) is 5.92 Å². The van der Waals surface area contributed by atoms with E-state index in [1.165, 1.54) is 4.90 Å². The second-order valence-electron chi connectivity index (χ2n) is 9.06. The summed E-state index contributed by atoms with van der Waals surface area (Å²) in [5, 5.41) is 6.56. The molecule has 1 saturated heterocycles. The number of fused-ring (bicyclic) bond motifs is 4. The highest BCUT2D eigenvalue weighted by Gasteiger charge is 2.60. The van der Waals surface area contributed by atoms with Gasteiger partial charge in [-0.3, -0.25) is 9.69 Å². The lowest BCUT2D eigenvalue weighted by molar-refractivity contribution is -0.131. The fourth-order valence-electron chi connectivity index (χ4n) is 5.10. The summed E-state index contributed by atoms with van der Waals surface area (Å²) in [5.74, 6) is -0.0521. The van der Waals surface area contributed by atoms with Gasteiger partial charge >= 0.3 is 6.03 Å².